The van der Waals surface area contributed by atoms with Gasteiger partial charge in [-0.15, -0.1) is 0 Å². The summed E-state index contributed by atoms with van der Waals surface area (Å²) in [5, 5.41) is 3.39. The molecule has 0 aliphatic rings. The van der Waals surface area contributed by atoms with E-state index in [2.05, 4.69) is 5.32 Å². The Hall–Kier alpha value is -4.04. The fourth-order valence-electron chi connectivity index (χ4n) is 3.90. The number of aryl methyl sites for hydroxylation is 1. The van der Waals surface area contributed by atoms with Gasteiger partial charge in [0, 0.05) is 12.6 Å². The van der Waals surface area contributed by atoms with Crippen LogP contribution >= 0.6 is 11.6 Å². The highest BCUT2D eigenvalue weighted by atomic mass is 35.5. The van der Waals surface area contributed by atoms with E-state index in [4.69, 9.17) is 21.1 Å². The highest BCUT2D eigenvalue weighted by Gasteiger charge is 2.17. The Labute approximate surface area is 206 Å². The van der Waals surface area contributed by atoms with Crippen LogP contribution in [0.4, 0.5) is 5.69 Å². The molecule has 0 spiro atoms. The van der Waals surface area contributed by atoms with E-state index in [1.165, 1.54) is 29.4 Å². The van der Waals surface area contributed by atoms with Crippen LogP contribution in [0, 0.1) is 0 Å². The van der Waals surface area contributed by atoms with Crippen molar-refractivity contribution in [3.8, 4) is 11.5 Å². The molecule has 8 nitrogen and oxygen atoms in total. The van der Waals surface area contributed by atoms with Gasteiger partial charge in [-0.2, -0.15) is 0 Å². The summed E-state index contributed by atoms with van der Waals surface area (Å²) in [5.41, 5.74) is 0.771. The number of halogens is 1. The maximum Gasteiger partial charge on any atom is 0.331 e. The topological polar surface area (TPSA) is 91.6 Å². The molecule has 0 saturated heterocycles. The van der Waals surface area contributed by atoms with Crippen molar-refractivity contribution in [2.24, 2.45) is 0 Å². The molecule has 0 atom stereocenters. The summed E-state index contributed by atoms with van der Waals surface area (Å²) in [6, 6.07) is 19.4. The predicted octanol–water partition coefficient (Wildman–Crippen LogP) is 3.72. The number of para-hydroxylation sites is 1. The van der Waals surface area contributed by atoms with Crippen molar-refractivity contribution in [2.45, 2.75) is 19.5 Å². The van der Waals surface area contributed by atoms with Gasteiger partial charge in [0.2, 0.25) is 5.91 Å². The lowest BCUT2D eigenvalue weighted by Crippen LogP contribution is -2.42. The van der Waals surface area contributed by atoms with Gasteiger partial charge >= 0.3 is 5.69 Å². The Morgan fingerprint density at radius 1 is 0.914 bits per heavy atom. The van der Waals surface area contributed by atoms with Crippen molar-refractivity contribution in [2.75, 3.05) is 19.5 Å². The molecular formula is C26H24ClN3O5. The second-order valence-corrected chi connectivity index (χ2v) is 8.22. The number of carbonyl (C=O) groups is 1. The summed E-state index contributed by atoms with van der Waals surface area (Å²) in [4.78, 5) is 39.4. The molecular weight excluding hydrogens is 470 g/mol. The summed E-state index contributed by atoms with van der Waals surface area (Å²) in [5.74, 6) is 0.268. The fourth-order valence-corrected chi connectivity index (χ4v) is 4.14. The van der Waals surface area contributed by atoms with Gasteiger partial charge in [0.25, 0.3) is 5.56 Å². The zero-order chi connectivity index (χ0) is 24.9. The van der Waals surface area contributed by atoms with Crippen LogP contribution in [0.25, 0.3) is 10.9 Å². The number of nitrogens with zero attached hydrogens (tertiary/aromatic N) is 2. The van der Waals surface area contributed by atoms with Crippen molar-refractivity contribution in [1.29, 1.82) is 0 Å². The molecule has 1 N–H and O–H groups in total. The average Bonchev–Trinajstić information content (AvgIpc) is 2.87. The monoisotopic (exact) mass is 493 g/mol. The van der Waals surface area contributed by atoms with Crippen molar-refractivity contribution in [3.05, 3.63) is 98.2 Å². The molecule has 4 aromatic rings. The first-order chi connectivity index (χ1) is 16.9. The van der Waals surface area contributed by atoms with E-state index in [1.807, 2.05) is 30.3 Å². The number of rotatable bonds is 8. The molecule has 0 aliphatic heterocycles. The third-order valence-electron chi connectivity index (χ3n) is 5.65. The Kier molecular flexibility index (Phi) is 7.22. The SMILES string of the molecule is COc1cc(OC)c(NC(=O)Cn2c(=O)n(CCc3ccccc3)c(=O)c3ccccc32)cc1Cl. The summed E-state index contributed by atoms with van der Waals surface area (Å²) in [7, 11) is 2.93. The minimum absolute atomic E-state index is 0.191. The number of hydrogen-bond donors (Lipinski definition) is 1. The summed E-state index contributed by atoms with van der Waals surface area (Å²) < 4.78 is 13.0. The zero-order valence-electron chi connectivity index (χ0n) is 19.3. The maximum atomic E-state index is 13.4. The second-order valence-electron chi connectivity index (χ2n) is 7.81. The molecule has 0 radical (unpaired) electrons. The molecule has 9 heteroatoms. The normalized spacial score (nSPS) is 10.8. The van der Waals surface area contributed by atoms with E-state index in [0.717, 1.165) is 5.56 Å². The first-order valence-electron chi connectivity index (χ1n) is 10.9. The number of amides is 1. The van der Waals surface area contributed by atoms with Crippen LogP contribution in [0.5, 0.6) is 11.5 Å². The number of hydrogen-bond acceptors (Lipinski definition) is 5. The van der Waals surface area contributed by atoms with Gasteiger partial charge in [-0.25, -0.2) is 4.79 Å². The second kappa shape index (κ2) is 10.5. The summed E-state index contributed by atoms with van der Waals surface area (Å²) >= 11 is 6.20. The molecule has 35 heavy (non-hydrogen) atoms. The number of anilines is 1. The van der Waals surface area contributed by atoms with Crippen molar-refractivity contribution in [1.82, 2.24) is 9.13 Å². The lowest BCUT2D eigenvalue weighted by Gasteiger charge is -2.16. The van der Waals surface area contributed by atoms with Crippen LogP contribution in [-0.4, -0.2) is 29.3 Å². The van der Waals surface area contributed by atoms with E-state index in [0.29, 0.717) is 39.5 Å². The lowest BCUT2D eigenvalue weighted by atomic mass is 10.1. The van der Waals surface area contributed by atoms with Gasteiger partial charge in [-0.05, 0) is 30.2 Å². The molecule has 3 aromatic carbocycles. The molecule has 180 valence electrons. The lowest BCUT2D eigenvalue weighted by molar-refractivity contribution is -0.116. The first-order valence-corrected chi connectivity index (χ1v) is 11.3. The minimum atomic E-state index is -0.556. The van der Waals surface area contributed by atoms with Gasteiger partial charge < -0.3 is 14.8 Å². The predicted molar refractivity (Wildman–Crippen MR) is 136 cm³/mol. The number of nitrogens with one attached hydrogen (secondary N) is 1. The van der Waals surface area contributed by atoms with Crippen molar-refractivity contribution < 1.29 is 14.3 Å². The van der Waals surface area contributed by atoms with Crippen molar-refractivity contribution in [3.63, 3.8) is 0 Å². The van der Waals surface area contributed by atoms with Gasteiger partial charge in [0.05, 0.1) is 35.8 Å². The molecule has 1 amide bonds. The summed E-state index contributed by atoms with van der Waals surface area (Å²) in [6.45, 7) is -0.117. The largest absolute Gasteiger partial charge is 0.495 e. The third-order valence-corrected chi connectivity index (χ3v) is 5.94. The first kappa shape index (κ1) is 24.1. The van der Waals surface area contributed by atoms with Crippen LogP contribution < -0.4 is 26.0 Å². The smallest absolute Gasteiger partial charge is 0.331 e. The Balaban J connectivity index is 1.68. The highest BCUT2D eigenvalue weighted by Crippen LogP contribution is 2.35. The van der Waals surface area contributed by atoms with E-state index in [9.17, 15) is 14.4 Å². The van der Waals surface area contributed by atoms with Gasteiger partial charge in [-0.1, -0.05) is 54.1 Å². The van der Waals surface area contributed by atoms with Crippen LogP contribution in [-0.2, 0) is 24.3 Å². The van der Waals surface area contributed by atoms with Crippen LogP contribution in [0.15, 0.2) is 76.3 Å². The number of fused-ring (bicyclic) bond motifs is 1. The molecule has 0 fully saturated rings. The maximum absolute atomic E-state index is 13.4. The quantitative estimate of drug-likeness (QED) is 0.404. The molecule has 0 bridgehead atoms. The molecule has 4 rings (SSSR count). The van der Waals surface area contributed by atoms with Crippen LogP contribution in [0.2, 0.25) is 5.02 Å². The number of carbonyl (C=O) groups excluding carboxylic acids is 1. The standard InChI is InChI=1S/C26H24ClN3O5/c1-34-22-15-23(35-2)20(14-19(22)27)28-24(31)16-30-21-11-7-6-10-18(21)25(32)29(26(30)33)13-12-17-8-4-3-5-9-17/h3-11,14-15H,12-13,16H2,1-2H3,(H,28,31). The van der Waals surface area contributed by atoms with E-state index >= 15 is 0 Å². The zero-order valence-corrected chi connectivity index (χ0v) is 20.0. The van der Waals surface area contributed by atoms with Gasteiger partial charge in [0.15, 0.2) is 0 Å². The van der Waals surface area contributed by atoms with Crippen molar-refractivity contribution >= 4 is 34.1 Å². The average molecular weight is 494 g/mol. The number of benzene rings is 3. The molecule has 0 unspecified atom stereocenters. The Morgan fingerprint density at radius 3 is 2.31 bits per heavy atom. The van der Waals surface area contributed by atoms with E-state index in [-0.39, 0.29) is 18.6 Å². The van der Waals surface area contributed by atoms with Crippen LogP contribution in [0.1, 0.15) is 5.56 Å². The van der Waals surface area contributed by atoms with Gasteiger partial charge in [-0.3, -0.25) is 18.7 Å². The number of aromatic nitrogens is 2. The molecule has 0 aliphatic carbocycles. The third kappa shape index (κ3) is 5.07. The summed E-state index contributed by atoms with van der Waals surface area (Å²) in [6.07, 6.45) is 0.502. The fraction of sp³-hybridized carbons (Fsp3) is 0.192. The molecule has 1 heterocycles. The van der Waals surface area contributed by atoms with E-state index in [1.54, 1.807) is 30.3 Å². The highest BCUT2D eigenvalue weighted by molar-refractivity contribution is 6.32. The Morgan fingerprint density at radius 2 is 1.60 bits per heavy atom. The Bertz CT molecular complexity index is 1500. The number of methoxy groups -OCH3 is 2. The van der Waals surface area contributed by atoms with E-state index < -0.39 is 11.6 Å². The number of ether oxygens (including phenoxy) is 2. The van der Waals surface area contributed by atoms with Crippen LogP contribution in [0.3, 0.4) is 0 Å². The minimum Gasteiger partial charge on any atom is -0.495 e. The van der Waals surface area contributed by atoms with Gasteiger partial charge in [0.1, 0.15) is 18.0 Å². The molecule has 1 aromatic heterocycles. The molecule has 0 saturated carbocycles.